The van der Waals surface area contributed by atoms with Gasteiger partial charge in [0.05, 0.1) is 5.52 Å². The summed E-state index contributed by atoms with van der Waals surface area (Å²) in [5.41, 5.74) is 1.47. The molecule has 5 nitrogen and oxygen atoms in total. The average molecular weight is 414 g/mol. The quantitative estimate of drug-likeness (QED) is 0.717. The van der Waals surface area contributed by atoms with E-state index in [1.165, 1.54) is 6.20 Å². The molecule has 1 saturated heterocycles. The molecule has 0 spiro atoms. The molecule has 1 fully saturated rings. The molecule has 0 aliphatic carbocycles. The van der Waals surface area contributed by atoms with E-state index in [0.717, 1.165) is 53.4 Å². The van der Waals surface area contributed by atoms with Crippen LogP contribution in [0.25, 0.3) is 10.9 Å². The summed E-state index contributed by atoms with van der Waals surface area (Å²) in [6.07, 6.45) is 1.39. The highest BCUT2D eigenvalue weighted by atomic mass is 35.5. The second-order valence-electron chi connectivity index (χ2n) is 6.17. The van der Waals surface area contributed by atoms with Gasteiger partial charge in [-0.15, -0.1) is 12.4 Å². The number of piperazine rings is 1. The molecule has 2 aromatic carbocycles. The maximum Gasteiger partial charge on any atom is 0.271 e. The molecule has 1 N–H and O–H groups in total. The molecule has 0 saturated carbocycles. The number of halogens is 3. The van der Waals surface area contributed by atoms with Crippen molar-refractivity contribution < 1.29 is 17.2 Å². The third kappa shape index (κ3) is 3.52. The Morgan fingerprint density at radius 1 is 0.963 bits per heavy atom. The Bertz CT molecular complexity index is 1080. The Labute approximate surface area is 162 Å². The predicted molar refractivity (Wildman–Crippen MR) is 103 cm³/mol. The number of rotatable bonds is 3. The van der Waals surface area contributed by atoms with Crippen molar-refractivity contribution in [2.24, 2.45) is 0 Å². The second-order valence-corrected chi connectivity index (χ2v) is 7.95. The van der Waals surface area contributed by atoms with Crippen molar-refractivity contribution in [1.29, 1.82) is 0 Å². The first-order valence-electron chi connectivity index (χ1n) is 8.24. The van der Waals surface area contributed by atoms with Gasteiger partial charge in [0, 0.05) is 49.5 Å². The summed E-state index contributed by atoms with van der Waals surface area (Å²) in [5, 5.41) is 4.03. The van der Waals surface area contributed by atoms with Crippen LogP contribution in [-0.2, 0) is 10.0 Å². The number of anilines is 1. The molecule has 1 aliphatic rings. The summed E-state index contributed by atoms with van der Waals surface area (Å²) >= 11 is 0. The van der Waals surface area contributed by atoms with Crippen LogP contribution in [0.3, 0.4) is 0 Å². The lowest BCUT2D eigenvalue weighted by molar-refractivity contribution is 0.546. The van der Waals surface area contributed by atoms with Gasteiger partial charge in [0.25, 0.3) is 10.0 Å². The van der Waals surface area contributed by atoms with Crippen LogP contribution in [0.15, 0.2) is 53.6 Å². The molecule has 144 valence electrons. The monoisotopic (exact) mass is 413 g/mol. The molecule has 1 aromatic heterocycles. The van der Waals surface area contributed by atoms with Crippen LogP contribution in [-0.4, -0.2) is 38.6 Å². The Morgan fingerprint density at radius 3 is 2.41 bits per heavy atom. The highest BCUT2D eigenvalue weighted by Crippen LogP contribution is 2.27. The minimum absolute atomic E-state index is 0. The lowest BCUT2D eigenvalue weighted by Crippen LogP contribution is -2.43. The van der Waals surface area contributed by atoms with Gasteiger partial charge < -0.3 is 10.2 Å². The number of fused-ring (bicyclic) bond motifs is 1. The van der Waals surface area contributed by atoms with Gasteiger partial charge in [-0.1, -0.05) is 0 Å². The van der Waals surface area contributed by atoms with Crippen LogP contribution in [0, 0.1) is 11.6 Å². The van der Waals surface area contributed by atoms with Gasteiger partial charge in [0.15, 0.2) is 0 Å². The van der Waals surface area contributed by atoms with Gasteiger partial charge in [0.2, 0.25) is 0 Å². The zero-order valence-electron chi connectivity index (χ0n) is 14.2. The molecular formula is C18H18ClF2N3O2S. The zero-order valence-corrected chi connectivity index (χ0v) is 15.9. The van der Waals surface area contributed by atoms with E-state index in [4.69, 9.17) is 0 Å². The van der Waals surface area contributed by atoms with E-state index in [1.807, 2.05) is 12.1 Å². The second kappa shape index (κ2) is 7.46. The van der Waals surface area contributed by atoms with Crippen LogP contribution < -0.4 is 10.2 Å². The molecule has 0 atom stereocenters. The van der Waals surface area contributed by atoms with Gasteiger partial charge >= 0.3 is 0 Å². The molecule has 1 aliphatic heterocycles. The van der Waals surface area contributed by atoms with Crippen molar-refractivity contribution in [1.82, 2.24) is 9.29 Å². The highest BCUT2D eigenvalue weighted by molar-refractivity contribution is 7.90. The van der Waals surface area contributed by atoms with Gasteiger partial charge in [-0.3, -0.25) is 0 Å². The van der Waals surface area contributed by atoms with E-state index in [0.29, 0.717) is 11.6 Å². The van der Waals surface area contributed by atoms with Gasteiger partial charge in [-0.2, -0.15) is 0 Å². The lowest BCUT2D eigenvalue weighted by atomic mass is 10.2. The van der Waals surface area contributed by atoms with E-state index in [2.05, 4.69) is 10.2 Å². The summed E-state index contributed by atoms with van der Waals surface area (Å²) in [4.78, 5) is 1.67. The van der Waals surface area contributed by atoms with E-state index in [9.17, 15) is 17.2 Å². The third-order valence-electron chi connectivity index (χ3n) is 4.55. The first kappa shape index (κ1) is 19.6. The molecule has 4 rings (SSSR count). The van der Waals surface area contributed by atoms with Crippen LogP contribution in [0.4, 0.5) is 14.5 Å². The Balaban J connectivity index is 0.00000210. The van der Waals surface area contributed by atoms with Gasteiger partial charge in [-0.05, 0) is 36.4 Å². The molecule has 27 heavy (non-hydrogen) atoms. The number of nitrogens with zero attached hydrogens (tertiary/aromatic N) is 2. The highest BCUT2D eigenvalue weighted by Gasteiger charge is 2.23. The summed E-state index contributed by atoms with van der Waals surface area (Å²) in [6, 6.07) is 9.63. The predicted octanol–water partition coefficient (Wildman–Crippen LogP) is 2.99. The number of hydrogen-bond donors (Lipinski definition) is 1. The van der Waals surface area contributed by atoms with Crippen LogP contribution in [0.5, 0.6) is 0 Å². The number of nitrogens with one attached hydrogen (secondary N) is 1. The van der Waals surface area contributed by atoms with Crippen LogP contribution in [0.1, 0.15) is 0 Å². The first-order chi connectivity index (χ1) is 12.5. The van der Waals surface area contributed by atoms with Crippen LogP contribution >= 0.6 is 12.4 Å². The average Bonchev–Trinajstić information content (AvgIpc) is 3.06. The maximum atomic E-state index is 14.0. The van der Waals surface area contributed by atoms with E-state index in [-0.39, 0.29) is 12.4 Å². The maximum absolute atomic E-state index is 14.0. The summed E-state index contributed by atoms with van der Waals surface area (Å²) in [6.45, 7) is 3.56. The number of hydrogen-bond acceptors (Lipinski definition) is 4. The fourth-order valence-electron chi connectivity index (χ4n) is 3.22. The van der Waals surface area contributed by atoms with Crippen molar-refractivity contribution in [3.05, 3.63) is 60.3 Å². The molecule has 0 amide bonds. The molecule has 2 heterocycles. The minimum atomic E-state index is -4.16. The summed E-state index contributed by atoms with van der Waals surface area (Å²) in [5.74, 6) is -1.93. The zero-order chi connectivity index (χ0) is 18.3. The van der Waals surface area contributed by atoms with Crippen molar-refractivity contribution in [2.45, 2.75) is 4.90 Å². The molecule has 0 radical (unpaired) electrons. The Kier molecular flexibility index (Phi) is 5.41. The number of benzene rings is 2. The Morgan fingerprint density at radius 2 is 1.70 bits per heavy atom. The van der Waals surface area contributed by atoms with Crippen LogP contribution in [0.2, 0.25) is 0 Å². The van der Waals surface area contributed by atoms with Crippen molar-refractivity contribution in [3.8, 4) is 0 Å². The SMILES string of the molecule is Cl.O=S(=O)(c1ccc(F)cc1F)n1ccc2cc(N3CCNCC3)ccc21. The van der Waals surface area contributed by atoms with E-state index >= 15 is 0 Å². The van der Waals surface area contributed by atoms with E-state index < -0.39 is 26.6 Å². The topological polar surface area (TPSA) is 54.3 Å². The van der Waals surface area contributed by atoms with Gasteiger partial charge in [-0.25, -0.2) is 21.2 Å². The molecular weight excluding hydrogens is 396 g/mol. The van der Waals surface area contributed by atoms with E-state index in [1.54, 1.807) is 12.1 Å². The van der Waals surface area contributed by atoms with Crippen molar-refractivity contribution in [3.63, 3.8) is 0 Å². The number of aromatic nitrogens is 1. The summed E-state index contributed by atoms with van der Waals surface area (Å²) < 4.78 is 53.7. The first-order valence-corrected chi connectivity index (χ1v) is 9.68. The normalized spacial score (nSPS) is 15.0. The molecule has 3 aromatic rings. The fraction of sp³-hybridized carbons (Fsp3) is 0.222. The van der Waals surface area contributed by atoms with Crippen molar-refractivity contribution in [2.75, 3.05) is 31.1 Å². The smallest absolute Gasteiger partial charge is 0.271 e. The van der Waals surface area contributed by atoms with Crippen molar-refractivity contribution >= 4 is 39.0 Å². The molecule has 0 bridgehead atoms. The Hall–Kier alpha value is -2.16. The molecule has 9 heteroatoms. The molecule has 0 unspecified atom stereocenters. The summed E-state index contributed by atoms with van der Waals surface area (Å²) in [7, 11) is -4.16. The fourth-order valence-corrected chi connectivity index (χ4v) is 4.63. The largest absolute Gasteiger partial charge is 0.369 e. The minimum Gasteiger partial charge on any atom is -0.369 e. The standard InChI is InChI=1S/C18H17F2N3O2S.ClH/c19-14-1-4-18(16(20)12-14)26(24,25)23-8-5-13-11-15(2-3-17(13)23)22-9-6-21-7-10-22;/h1-5,8,11-12,21H,6-7,9-10H2;1H. The third-order valence-corrected chi connectivity index (χ3v) is 6.27. The van der Waals surface area contributed by atoms with Gasteiger partial charge in [0.1, 0.15) is 16.5 Å². The lowest BCUT2D eigenvalue weighted by Gasteiger charge is -2.29.